The number of hydrogen-bond acceptors (Lipinski definition) is 4. The number of hydrogen-bond donors (Lipinski definition) is 1. The molecule has 1 fully saturated rings. The van der Waals surface area contributed by atoms with Gasteiger partial charge in [-0.25, -0.2) is 0 Å². The van der Waals surface area contributed by atoms with Crippen LogP contribution in [0, 0.1) is 5.92 Å². The van der Waals surface area contributed by atoms with Gasteiger partial charge in [0.2, 0.25) is 0 Å². The van der Waals surface area contributed by atoms with Gasteiger partial charge in [-0.15, -0.1) is 11.3 Å². The van der Waals surface area contributed by atoms with Crippen molar-refractivity contribution in [2.24, 2.45) is 5.92 Å². The fourth-order valence-corrected chi connectivity index (χ4v) is 4.04. The Hall–Kier alpha value is -0.420. The highest BCUT2D eigenvalue weighted by Crippen LogP contribution is 2.25. The van der Waals surface area contributed by atoms with Gasteiger partial charge >= 0.3 is 0 Å². The van der Waals surface area contributed by atoms with Crippen molar-refractivity contribution < 1.29 is 4.74 Å². The summed E-state index contributed by atoms with van der Waals surface area (Å²) < 4.78 is 5.65. The van der Waals surface area contributed by atoms with E-state index < -0.39 is 0 Å². The van der Waals surface area contributed by atoms with Crippen molar-refractivity contribution in [3.8, 4) is 0 Å². The second kappa shape index (κ2) is 5.70. The molecule has 2 aliphatic rings. The summed E-state index contributed by atoms with van der Waals surface area (Å²) >= 11 is 1.91. The predicted octanol–water partition coefficient (Wildman–Crippen LogP) is 1.73. The molecule has 2 atom stereocenters. The molecular weight excluding hydrogens is 244 g/mol. The molecule has 2 aliphatic heterocycles. The Bertz CT molecular complexity index is 393. The molecule has 1 N–H and O–H groups in total. The van der Waals surface area contributed by atoms with Gasteiger partial charge in [0.25, 0.3) is 0 Å². The first-order chi connectivity index (χ1) is 8.86. The van der Waals surface area contributed by atoms with Crippen LogP contribution in [-0.4, -0.2) is 44.3 Å². The van der Waals surface area contributed by atoms with E-state index in [4.69, 9.17) is 4.74 Å². The van der Waals surface area contributed by atoms with Gasteiger partial charge in [0.1, 0.15) is 0 Å². The number of rotatable bonds is 3. The summed E-state index contributed by atoms with van der Waals surface area (Å²) in [4.78, 5) is 4.19. The maximum absolute atomic E-state index is 5.65. The zero-order valence-corrected chi connectivity index (χ0v) is 11.8. The van der Waals surface area contributed by atoms with E-state index in [1.54, 1.807) is 10.4 Å². The summed E-state index contributed by atoms with van der Waals surface area (Å²) in [5.41, 5.74) is 1.55. The number of fused-ring (bicyclic) bond motifs is 1. The van der Waals surface area contributed by atoms with E-state index in [-0.39, 0.29) is 0 Å². The van der Waals surface area contributed by atoms with Gasteiger partial charge in [-0.05, 0) is 36.9 Å². The third-order valence-electron chi connectivity index (χ3n) is 4.22. The fourth-order valence-electron chi connectivity index (χ4n) is 3.15. The second-order valence-corrected chi connectivity index (χ2v) is 6.37. The largest absolute Gasteiger partial charge is 0.381 e. The molecule has 0 radical (unpaired) electrons. The highest BCUT2D eigenvalue weighted by atomic mass is 32.1. The van der Waals surface area contributed by atoms with Crippen LogP contribution in [-0.2, 0) is 17.7 Å². The van der Waals surface area contributed by atoms with Crippen LogP contribution in [0.4, 0.5) is 0 Å². The van der Waals surface area contributed by atoms with Crippen LogP contribution in [0.15, 0.2) is 11.4 Å². The average Bonchev–Trinajstić information content (AvgIpc) is 2.87. The predicted molar refractivity (Wildman–Crippen MR) is 75.1 cm³/mol. The first-order valence-electron chi connectivity index (χ1n) is 6.89. The molecule has 1 saturated heterocycles. The quantitative estimate of drug-likeness (QED) is 0.902. The average molecular weight is 266 g/mol. The van der Waals surface area contributed by atoms with Crippen molar-refractivity contribution >= 4 is 11.3 Å². The Kier molecular flexibility index (Phi) is 3.99. The van der Waals surface area contributed by atoms with Crippen molar-refractivity contribution in [3.63, 3.8) is 0 Å². The van der Waals surface area contributed by atoms with Crippen LogP contribution >= 0.6 is 11.3 Å². The van der Waals surface area contributed by atoms with Crippen LogP contribution in [0.5, 0.6) is 0 Å². The van der Waals surface area contributed by atoms with Crippen molar-refractivity contribution in [2.75, 3.05) is 33.4 Å². The summed E-state index contributed by atoms with van der Waals surface area (Å²) in [6, 6.07) is 2.92. The van der Waals surface area contributed by atoms with E-state index in [2.05, 4.69) is 28.7 Å². The summed E-state index contributed by atoms with van der Waals surface area (Å²) in [6.45, 7) is 5.34. The van der Waals surface area contributed by atoms with Crippen LogP contribution in [0.25, 0.3) is 0 Å². The molecule has 0 saturated carbocycles. The van der Waals surface area contributed by atoms with E-state index in [9.17, 15) is 0 Å². The van der Waals surface area contributed by atoms with Gasteiger partial charge in [0.05, 0.1) is 6.61 Å². The summed E-state index contributed by atoms with van der Waals surface area (Å²) in [7, 11) is 2.08. The molecule has 0 aliphatic carbocycles. The number of thiophene rings is 1. The lowest BCUT2D eigenvalue weighted by Crippen LogP contribution is -2.47. The molecule has 0 spiro atoms. The number of ether oxygens (including phenoxy) is 1. The van der Waals surface area contributed by atoms with E-state index in [0.29, 0.717) is 12.0 Å². The van der Waals surface area contributed by atoms with Crippen LogP contribution < -0.4 is 5.32 Å². The third kappa shape index (κ3) is 2.62. The molecule has 18 heavy (non-hydrogen) atoms. The first-order valence-corrected chi connectivity index (χ1v) is 7.77. The van der Waals surface area contributed by atoms with Gasteiger partial charge in [-0.1, -0.05) is 0 Å². The van der Waals surface area contributed by atoms with Crippen molar-refractivity contribution in [3.05, 3.63) is 21.9 Å². The minimum atomic E-state index is 0.627. The maximum Gasteiger partial charge on any atom is 0.0521 e. The Balaban J connectivity index is 1.60. The van der Waals surface area contributed by atoms with Gasteiger partial charge in [0, 0.05) is 43.1 Å². The molecule has 3 nitrogen and oxygen atoms in total. The molecule has 3 heterocycles. The van der Waals surface area contributed by atoms with Gasteiger partial charge in [-0.3, -0.25) is 4.90 Å². The summed E-state index contributed by atoms with van der Waals surface area (Å²) in [6.07, 6.45) is 2.38. The molecule has 4 heteroatoms. The molecule has 0 amide bonds. The third-order valence-corrected chi connectivity index (χ3v) is 5.25. The molecule has 1 aromatic rings. The zero-order chi connectivity index (χ0) is 12.4. The monoisotopic (exact) mass is 266 g/mol. The lowest BCUT2D eigenvalue weighted by molar-refractivity contribution is 0.0166. The van der Waals surface area contributed by atoms with Crippen molar-refractivity contribution in [2.45, 2.75) is 25.4 Å². The topological polar surface area (TPSA) is 24.5 Å². The van der Waals surface area contributed by atoms with E-state index in [1.807, 2.05) is 11.3 Å². The summed E-state index contributed by atoms with van der Waals surface area (Å²) in [5.74, 6) is 0.643. The van der Waals surface area contributed by atoms with Gasteiger partial charge in [-0.2, -0.15) is 0 Å². The smallest absolute Gasteiger partial charge is 0.0521 e. The molecule has 100 valence electrons. The Morgan fingerprint density at radius 3 is 3.39 bits per heavy atom. The fraction of sp³-hybridized carbons (Fsp3) is 0.714. The molecule has 1 aromatic heterocycles. The van der Waals surface area contributed by atoms with Crippen LogP contribution in [0.1, 0.15) is 16.9 Å². The Morgan fingerprint density at radius 1 is 1.56 bits per heavy atom. The Labute approximate surface area is 113 Å². The molecule has 2 unspecified atom stereocenters. The van der Waals surface area contributed by atoms with E-state index >= 15 is 0 Å². The highest BCUT2D eigenvalue weighted by Gasteiger charge is 2.27. The minimum absolute atomic E-state index is 0.627. The van der Waals surface area contributed by atoms with Crippen LogP contribution in [0.2, 0.25) is 0 Å². The summed E-state index contributed by atoms with van der Waals surface area (Å²) in [5, 5.41) is 5.68. The normalized spacial score (nSPS) is 29.2. The van der Waals surface area contributed by atoms with Gasteiger partial charge < -0.3 is 10.1 Å². The minimum Gasteiger partial charge on any atom is -0.381 e. The Morgan fingerprint density at radius 2 is 2.50 bits per heavy atom. The molecule has 0 aromatic carbocycles. The molecule has 3 rings (SSSR count). The highest BCUT2D eigenvalue weighted by molar-refractivity contribution is 7.10. The standard InChI is InChI=1S/C14H22N2OS/c1-15-13-3-6-17-10-12(13)9-16-5-2-14-11(8-16)4-7-18-14/h4,7,12-13,15H,2-3,5-6,8-10H2,1H3. The first kappa shape index (κ1) is 12.6. The van der Waals surface area contributed by atoms with Gasteiger partial charge in [0.15, 0.2) is 0 Å². The maximum atomic E-state index is 5.65. The molecular formula is C14H22N2OS. The van der Waals surface area contributed by atoms with Crippen molar-refractivity contribution in [1.82, 2.24) is 10.2 Å². The lowest BCUT2D eigenvalue weighted by Gasteiger charge is -2.36. The molecule has 0 bridgehead atoms. The number of nitrogens with one attached hydrogen (secondary N) is 1. The lowest BCUT2D eigenvalue weighted by atomic mass is 9.94. The SMILES string of the molecule is CNC1CCOCC1CN1CCc2sccc2C1. The van der Waals surface area contributed by atoms with Crippen LogP contribution in [0.3, 0.4) is 0 Å². The van der Waals surface area contributed by atoms with E-state index in [1.165, 1.54) is 19.5 Å². The zero-order valence-electron chi connectivity index (χ0n) is 11.0. The van der Waals surface area contributed by atoms with E-state index in [0.717, 1.165) is 26.2 Å². The number of nitrogens with zero attached hydrogens (tertiary/aromatic N) is 1. The van der Waals surface area contributed by atoms with Crippen molar-refractivity contribution in [1.29, 1.82) is 0 Å². The second-order valence-electron chi connectivity index (χ2n) is 5.37.